The van der Waals surface area contributed by atoms with Crippen LogP contribution in [0.2, 0.25) is 0 Å². The van der Waals surface area contributed by atoms with Gasteiger partial charge < -0.3 is 20.7 Å². The molecule has 0 aliphatic carbocycles. The number of alkyl halides is 2. The predicted molar refractivity (Wildman–Crippen MR) is 58.3 cm³/mol. The van der Waals surface area contributed by atoms with Gasteiger partial charge in [-0.25, -0.2) is 4.79 Å². The number of aromatic hydroxyl groups is 2. The minimum Gasteiger partial charge on any atom is -0.504 e. The lowest BCUT2D eigenvalue weighted by molar-refractivity contribution is -0.174. The lowest BCUT2D eigenvalue weighted by atomic mass is 10.0. The van der Waals surface area contributed by atoms with Crippen LogP contribution < -0.4 is 5.73 Å². The Morgan fingerprint density at radius 3 is 2.56 bits per heavy atom. The maximum absolute atomic E-state index is 13.6. The summed E-state index contributed by atoms with van der Waals surface area (Å²) in [5.74, 6) is -6.71. The monoisotopic (exact) mass is 261 g/mol. The average molecular weight is 261 g/mol. The highest BCUT2D eigenvalue weighted by atomic mass is 19.3. The number of carbonyl (C=O) groups excluding carboxylic acids is 1. The Labute approximate surface area is 102 Å². The molecule has 0 heterocycles. The summed E-state index contributed by atoms with van der Waals surface area (Å²) < 4.78 is 31.4. The molecule has 0 fully saturated rings. The van der Waals surface area contributed by atoms with E-state index in [-0.39, 0.29) is 12.2 Å². The topological polar surface area (TPSA) is 92.8 Å². The Bertz CT molecular complexity index is 451. The summed E-state index contributed by atoms with van der Waals surface area (Å²) in [5.41, 5.74) is 5.09. The van der Waals surface area contributed by atoms with E-state index in [9.17, 15) is 18.7 Å². The lowest BCUT2D eigenvalue weighted by Gasteiger charge is -2.22. The minimum atomic E-state index is -3.92. The third-order valence-corrected chi connectivity index (χ3v) is 2.30. The Morgan fingerprint density at radius 1 is 1.44 bits per heavy atom. The molecule has 0 saturated heterocycles. The number of nitrogens with two attached hydrogens (primary N) is 1. The van der Waals surface area contributed by atoms with Crippen molar-refractivity contribution in [2.45, 2.75) is 18.9 Å². The van der Waals surface area contributed by atoms with Crippen molar-refractivity contribution in [2.75, 3.05) is 6.61 Å². The van der Waals surface area contributed by atoms with Gasteiger partial charge in [0.15, 0.2) is 11.5 Å². The summed E-state index contributed by atoms with van der Waals surface area (Å²) in [6.45, 7) is 1.20. The number of carbonyl (C=O) groups is 1. The van der Waals surface area contributed by atoms with Gasteiger partial charge in [-0.15, -0.1) is 0 Å². The molecule has 4 N–H and O–H groups in total. The van der Waals surface area contributed by atoms with Crippen LogP contribution in [0.1, 0.15) is 18.5 Å². The number of hydrogen-bond donors (Lipinski definition) is 3. The largest absolute Gasteiger partial charge is 0.504 e. The Hall–Kier alpha value is -1.89. The van der Waals surface area contributed by atoms with Gasteiger partial charge in [-0.05, 0) is 24.6 Å². The number of halogens is 2. The van der Waals surface area contributed by atoms with Crippen LogP contribution in [-0.4, -0.2) is 28.7 Å². The van der Waals surface area contributed by atoms with E-state index in [1.54, 1.807) is 0 Å². The number of rotatable bonds is 4. The summed E-state index contributed by atoms with van der Waals surface area (Å²) in [6.07, 6.45) is 0. The smallest absolute Gasteiger partial charge is 0.379 e. The van der Waals surface area contributed by atoms with E-state index in [1.165, 1.54) is 6.92 Å². The number of ether oxygens (including phenoxy) is 1. The Morgan fingerprint density at radius 2 is 2.06 bits per heavy atom. The second-order valence-corrected chi connectivity index (χ2v) is 3.57. The summed E-state index contributed by atoms with van der Waals surface area (Å²) >= 11 is 0. The van der Waals surface area contributed by atoms with Crippen LogP contribution in [0, 0.1) is 0 Å². The molecule has 1 atom stereocenters. The highest BCUT2D eigenvalue weighted by molar-refractivity contribution is 5.79. The van der Waals surface area contributed by atoms with Gasteiger partial charge in [-0.1, -0.05) is 6.07 Å². The van der Waals surface area contributed by atoms with Gasteiger partial charge in [0.25, 0.3) is 0 Å². The molecule has 0 spiro atoms. The molecule has 0 aliphatic heterocycles. The van der Waals surface area contributed by atoms with Crippen molar-refractivity contribution in [1.29, 1.82) is 0 Å². The molecule has 0 radical (unpaired) electrons. The van der Waals surface area contributed by atoms with Crippen LogP contribution in [0.15, 0.2) is 18.2 Å². The van der Waals surface area contributed by atoms with Crippen LogP contribution in [0.4, 0.5) is 8.78 Å². The maximum atomic E-state index is 13.6. The van der Waals surface area contributed by atoms with Gasteiger partial charge in [-0.2, -0.15) is 8.78 Å². The molecule has 0 aliphatic rings. The molecule has 7 heteroatoms. The third kappa shape index (κ3) is 2.67. The van der Waals surface area contributed by atoms with Crippen molar-refractivity contribution >= 4 is 5.97 Å². The first kappa shape index (κ1) is 14.2. The van der Waals surface area contributed by atoms with Gasteiger partial charge in [0.2, 0.25) is 0 Å². The standard InChI is InChI=1S/C11H13F2NO4/c1-2-18-10(17)11(12,13)9(14)6-3-4-7(15)8(16)5-6/h3-5,9,15-16H,2,14H2,1H3/t9-/m0/s1. The Balaban J connectivity index is 3.01. The fourth-order valence-electron chi connectivity index (χ4n) is 1.30. The normalized spacial score (nSPS) is 13.1. The minimum absolute atomic E-state index is 0.191. The number of esters is 1. The number of phenolic OH excluding ortho intramolecular Hbond substituents is 2. The highest BCUT2D eigenvalue weighted by Gasteiger charge is 2.47. The van der Waals surface area contributed by atoms with Crippen LogP contribution in [0.5, 0.6) is 11.5 Å². The van der Waals surface area contributed by atoms with E-state index < -0.39 is 29.4 Å². The molecule has 5 nitrogen and oxygen atoms in total. The van der Waals surface area contributed by atoms with Crippen molar-refractivity contribution in [3.05, 3.63) is 23.8 Å². The summed E-state index contributed by atoms with van der Waals surface area (Å²) in [4.78, 5) is 11.1. The van der Waals surface area contributed by atoms with Crippen molar-refractivity contribution < 1.29 is 28.5 Å². The van der Waals surface area contributed by atoms with E-state index >= 15 is 0 Å². The number of hydrogen-bond acceptors (Lipinski definition) is 5. The highest BCUT2D eigenvalue weighted by Crippen LogP contribution is 2.34. The molecular formula is C11H13F2NO4. The van der Waals surface area contributed by atoms with Gasteiger partial charge in [0.05, 0.1) is 6.61 Å². The van der Waals surface area contributed by atoms with E-state index in [1.807, 2.05) is 0 Å². The molecular weight excluding hydrogens is 248 g/mol. The second kappa shape index (κ2) is 5.18. The first-order valence-corrected chi connectivity index (χ1v) is 5.13. The van der Waals surface area contributed by atoms with Crippen LogP contribution in [0.25, 0.3) is 0 Å². The lowest BCUT2D eigenvalue weighted by Crippen LogP contribution is -2.41. The zero-order valence-electron chi connectivity index (χ0n) is 9.56. The van der Waals surface area contributed by atoms with Gasteiger partial charge >= 0.3 is 11.9 Å². The molecule has 1 aromatic rings. The van der Waals surface area contributed by atoms with E-state index in [4.69, 9.17) is 10.8 Å². The maximum Gasteiger partial charge on any atom is 0.379 e. The quantitative estimate of drug-likeness (QED) is 0.561. The van der Waals surface area contributed by atoms with E-state index in [2.05, 4.69) is 4.74 Å². The molecule has 0 amide bonds. The first-order chi connectivity index (χ1) is 8.30. The molecule has 0 saturated carbocycles. The van der Waals surface area contributed by atoms with Gasteiger partial charge in [0.1, 0.15) is 6.04 Å². The number of benzene rings is 1. The zero-order valence-corrected chi connectivity index (χ0v) is 9.56. The van der Waals surface area contributed by atoms with Crippen LogP contribution >= 0.6 is 0 Å². The predicted octanol–water partition coefficient (Wildman–Crippen LogP) is 1.30. The van der Waals surface area contributed by atoms with Crippen LogP contribution in [-0.2, 0) is 9.53 Å². The summed E-state index contributed by atoms with van der Waals surface area (Å²) in [6, 6.07) is 0.995. The summed E-state index contributed by atoms with van der Waals surface area (Å²) in [7, 11) is 0. The SMILES string of the molecule is CCOC(=O)C(F)(F)[C@@H](N)c1ccc(O)c(O)c1. The molecule has 100 valence electrons. The molecule has 18 heavy (non-hydrogen) atoms. The third-order valence-electron chi connectivity index (χ3n) is 2.30. The van der Waals surface area contributed by atoms with Gasteiger partial charge in [-0.3, -0.25) is 0 Å². The Kier molecular flexibility index (Phi) is 4.07. The van der Waals surface area contributed by atoms with Crippen LogP contribution in [0.3, 0.4) is 0 Å². The second-order valence-electron chi connectivity index (χ2n) is 3.57. The van der Waals surface area contributed by atoms with Crippen molar-refractivity contribution in [3.8, 4) is 11.5 Å². The van der Waals surface area contributed by atoms with Crippen molar-refractivity contribution in [1.82, 2.24) is 0 Å². The average Bonchev–Trinajstić information content (AvgIpc) is 2.32. The van der Waals surface area contributed by atoms with Gasteiger partial charge in [0, 0.05) is 0 Å². The van der Waals surface area contributed by atoms with Crippen molar-refractivity contribution in [2.24, 2.45) is 5.73 Å². The zero-order chi connectivity index (χ0) is 13.9. The van der Waals surface area contributed by atoms with E-state index in [0.29, 0.717) is 0 Å². The van der Waals surface area contributed by atoms with E-state index in [0.717, 1.165) is 18.2 Å². The van der Waals surface area contributed by atoms with Crippen molar-refractivity contribution in [3.63, 3.8) is 0 Å². The molecule has 0 unspecified atom stereocenters. The summed E-state index contributed by atoms with van der Waals surface area (Å²) in [5, 5.41) is 18.2. The molecule has 0 bridgehead atoms. The number of phenols is 2. The fourth-order valence-corrected chi connectivity index (χ4v) is 1.30. The first-order valence-electron chi connectivity index (χ1n) is 5.13. The molecule has 1 rings (SSSR count). The molecule has 0 aromatic heterocycles. The molecule has 1 aromatic carbocycles. The fraction of sp³-hybridized carbons (Fsp3) is 0.364.